The molecule has 0 aliphatic rings. The van der Waals surface area contributed by atoms with Crippen LogP contribution in [0.25, 0.3) is 0 Å². The molecule has 0 heterocycles. The Labute approximate surface area is 142 Å². The molecule has 3 rings (SSSR count). The van der Waals surface area contributed by atoms with Crippen LogP contribution in [0.3, 0.4) is 0 Å². The van der Waals surface area contributed by atoms with Gasteiger partial charge in [-0.1, -0.05) is 107 Å². The average Bonchev–Trinajstić information content (AvgIpc) is 2.62. The zero-order valence-corrected chi connectivity index (χ0v) is 14.9. The van der Waals surface area contributed by atoms with Crippen LogP contribution < -0.4 is 0 Å². The monoisotopic (exact) mass is 368 g/mol. The van der Waals surface area contributed by atoms with Gasteiger partial charge in [0.2, 0.25) is 0 Å². The summed E-state index contributed by atoms with van der Waals surface area (Å²) in [6.45, 7) is 0. The molecule has 2 atom stereocenters. The highest BCUT2D eigenvalue weighted by Crippen LogP contribution is 2.52. The first kappa shape index (κ1) is 15.5. The van der Waals surface area contributed by atoms with Crippen molar-refractivity contribution in [2.24, 2.45) is 0 Å². The number of rotatable bonds is 4. The van der Waals surface area contributed by atoms with Gasteiger partial charge in [0.1, 0.15) is 0 Å². The van der Waals surface area contributed by atoms with E-state index in [9.17, 15) is 0 Å². The lowest BCUT2D eigenvalue weighted by Crippen LogP contribution is -2.25. The van der Waals surface area contributed by atoms with Crippen molar-refractivity contribution < 1.29 is 0 Å². The molecule has 0 nitrogen and oxygen atoms in total. The second kappa shape index (κ2) is 6.77. The molecule has 2 unspecified atom stereocenters. The molecule has 2 heteroatoms. The Morgan fingerprint density at radius 3 is 1.41 bits per heavy atom. The van der Waals surface area contributed by atoms with Crippen LogP contribution in [0.4, 0.5) is 0 Å². The number of hydrogen-bond acceptors (Lipinski definition) is 0. The largest absolute Gasteiger partial charge is 0.128 e. The molecule has 110 valence electrons. The van der Waals surface area contributed by atoms with Gasteiger partial charge in [0.15, 0.2) is 0 Å². The first-order chi connectivity index (χ1) is 10.7. The van der Waals surface area contributed by atoms with Gasteiger partial charge in [-0.05, 0) is 16.7 Å². The molecular weight excluding hydrogens is 351 g/mol. The van der Waals surface area contributed by atoms with E-state index in [0.717, 1.165) is 0 Å². The number of benzene rings is 3. The molecule has 0 saturated carbocycles. The topological polar surface area (TPSA) is 0 Å². The Hall–Kier alpha value is -1.43. The average molecular weight is 369 g/mol. The van der Waals surface area contributed by atoms with E-state index in [1.54, 1.807) is 0 Å². The van der Waals surface area contributed by atoms with Crippen LogP contribution in [0.5, 0.6) is 0 Å². The van der Waals surface area contributed by atoms with Crippen LogP contribution in [0.15, 0.2) is 91.0 Å². The maximum atomic E-state index is 4.08. The van der Waals surface area contributed by atoms with E-state index < -0.39 is 0 Å². The van der Waals surface area contributed by atoms with Crippen molar-refractivity contribution in [1.29, 1.82) is 0 Å². The molecule has 3 aromatic rings. The van der Waals surface area contributed by atoms with Crippen molar-refractivity contribution in [1.82, 2.24) is 0 Å². The first-order valence-electron chi connectivity index (χ1n) is 7.33. The minimum atomic E-state index is -0.276. The zero-order chi connectivity index (χ0) is 15.4. The van der Waals surface area contributed by atoms with Crippen molar-refractivity contribution in [2.45, 2.75) is 9.98 Å². The van der Waals surface area contributed by atoms with E-state index in [4.69, 9.17) is 0 Å². The Morgan fingerprint density at radius 1 is 0.636 bits per heavy atom. The molecule has 3 aromatic carbocycles. The van der Waals surface area contributed by atoms with Gasteiger partial charge in [0, 0.05) is 5.66 Å². The third-order valence-electron chi connectivity index (χ3n) is 3.98. The summed E-state index contributed by atoms with van der Waals surface area (Å²) >= 11 is 4.08. The fourth-order valence-electron chi connectivity index (χ4n) is 2.78. The maximum Gasteiger partial charge on any atom is 0.0857 e. The van der Waals surface area contributed by atoms with Crippen LogP contribution >= 0.6 is 25.2 Å². The first-order valence-corrected chi connectivity index (χ1v) is 8.79. The lowest BCUT2D eigenvalue weighted by molar-refractivity contribution is 0.734. The number of halogens is 1. The van der Waals surface area contributed by atoms with Crippen molar-refractivity contribution in [3.05, 3.63) is 108 Å². The van der Waals surface area contributed by atoms with Gasteiger partial charge >= 0.3 is 0 Å². The summed E-state index contributed by atoms with van der Waals surface area (Å²) in [5, 5.41) is 0. The number of hydrogen-bond donors (Lipinski definition) is 0. The van der Waals surface area contributed by atoms with Gasteiger partial charge in [-0.3, -0.25) is 0 Å². The SMILES string of the molecule is PC(c1ccccc1)C(Br)(c1ccccc1)c1ccccc1. The van der Waals surface area contributed by atoms with Crippen LogP contribution in [-0.2, 0) is 4.32 Å². The lowest BCUT2D eigenvalue weighted by Gasteiger charge is -2.35. The molecule has 0 fully saturated rings. The standard InChI is InChI=1S/C20H18BrP/c21-20(17-12-6-2-7-13-17,18-14-8-3-9-15-18)19(22)16-10-4-1-5-11-16/h1-15,19H,22H2. The molecule has 0 aromatic heterocycles. The van der Waals surface area contributed by atoms with E-state index in [1.165, 1.54) is 16.7 Å². The molecule has 0 bridgehead atoms. The minimum absolute atomic E-state index is 0.221. The van der Waals surface area contributed by atoms with Gasteiger partial charge in [-0.2, -0.15) is 0 Å². The summed E-state index contributed by atoms with van der Waals surface area (Å²) in [4.78, 5) is 0. The summed E-state index contributed by atoms with van der Waals surface area (Å²) < 4.78 is -0.276. The normalized spacial score (nSPS) is 12.8. The van der Waals surface area contributed by atoms with Crippen LogP contribution in [0, 0.1) is 0 Å². The second-order valence-corrected chi connectivity index (χ2v) is 7.25. The molecule has 0 radical (unpaired) electrons. The predicted octanol–water partition coefficient (Wildman–Crippen LogP) is 5.94. The fraction of sp³-hybridized carbons (Fsp3) is 0.100. The highest BCUT2D eigenvalue weighted by Gasteiger charge is 2.38. The van der Waals surface area contributed by atoms with Gasteiger partial charge in [0.25, 0.3) is 0 Å². The fourth-order valence-corrected chi connectivity index (χ4v) is 4.18. The highest BCUT2D eigenvalue weighted by atomic mass is 79.9. The molecule has 0 N–H and O–H groups in total. The Kier molecular flexibility index (Phi) is 4.76. The third-order valence-corrected chi connectivity index (χ3v) is 6.76. The Balaban J connectivity index is 2.16. The Bertz CT molecular complexity index is 671. The van der Waals surface area contributed by atoms with Crippen molar-refractivity contribution in [2.75, 3.05) is 0 Å². The Morgan fingerprint density at radius 2 is 1.00 bits per heavy atom. The van der Waals surface area contributed by atoms with Gasteiger partial charge in [-0.25, -0.2) is 0 Å². The summed E-state index contributed by atoms with van der Waals surface area (Å²) in [5.74, 6) is 0. The van der Waals surface area contributed by atoms with E-state index in [2.05, 4.69) is 116 Å². The lowest BCUT2D eigenvalue weighted by atomic mass is 9.85. The summed E-state index contributed by atoms with van der Waals surface area (Å²) in [6.07, 6.45) is 0. The summed E-state index contributed by atoms with van der Waals surface area (Å²) in [5.41, 5.74) is 4.02. The predicted molar refractivity (Wildman–Crippen MR) is 101 cm³/mol. The van der Waals surface area contributed by atoms with Gasteiger partial charge in [-0.15, -0.1) is 9.24 Å². The smallest absolute Gasteiger partial charge is 0.0857 e. The van der Waals surface area contributed by atoms with Crippen molar-refractivity contribution >= 4 is 25.2 Å². The van der Waals surface area contributed by atoms with E-state index in [-0.39, 0.29) is 9.98 Å². The van der Waals surface area contributed by atoms with E-state index >= 15 is 0 Å². The molecule has 0 amide bonds. The zero-order valence-electron chi connectivity index (χ0n) is 12.2. The molecular formula is C20H18BrP. The molecule has 0 aliphatic carbocycles. The molecule has 0 saturated heterocycles. The third kappa shape index (κ3) is 2.89. The van der Waals surface area contributed by atoms with Crippen molar-refractivity contribution in [3.8, 4) is 0 Å². The van der Waals surface area contributed by atoms with Crippen LogP contribution in [0.2, 0.25) is 0 Å². The van der Waals surface area contributed by atoms with E-state index in [0.29, 0.717) is 0 Å². The number of alkyl halides is 1. The summed E-state index contributed by atoms with van der Waals surface area (Å²) in [7, 11) is 3.02. The molecule has 0 spiro atoms. The van der Waals surface area contributed by atoms with E-state index in [1.807, 2.05) is 0 Å². The molecule has 0 aliphatic heterocycles. The van der Waals surface area contributed by atoms with Crippen LogP contribution in [0.1, 0.15) is 22.3 Å². The summed E-state index contributed by atoms with van der Waals surface area (Å²) in [6, 6.07) is 31.8. The van der Waals surface area contributed by atoms with Crippen molar-refractivity contribution in [3.63, 3.8) is 0 Å². The highest BCUT2D eigenvalue weighted by molar-refractivity contribution is 9.09. The molecule has 22 heavy (non-hydrogen) atoms. The maximum absolute atomic E-state index is 4.08. The minimum Gasteiger partial charge on any atom is -0.128 e. The van der Waals surface area contributed by atoms with Gasteiger partial charge < -0.3 is 0 Å². The quantitative estimate of drug-likeness (QED) is 0.394. The van der Waals surface area contributed by atoms with Gasteiger partial charge in [0.05, 0.1) is 4.32 Å². The second-order valence-electron chi connectivity index (χ2n) is 5.33. The van der Waals surface area contributed by atoms with Crippen LogP contribution in [-0.4, -0.2) is 0 Å².